The third-order valence-electron chi connectivity index (χ3n) is 1.71. The topological polar surface area (TPSA) is 72.8 Å². The van der Waals surface area contributed by atoms with E-state index in [-0.39, 0.29) is 12.6 Å². The molecule has 96 valence electrons. The normalized spacial score (nSPS) is 14.5. The van der Waals surface area contributed by atoms with Crippen LogP contribution in [0.4, 0.5) is 0 Å². The molecular formula is C12H18O5. The van der Waals surface area contributed by atoms with Gasteiger partial charge in [-0.3, -0.25) is 0 Å². The van der Waals surface area contributed by atoms with Gasteiger partial charge in [0.1, 0.15) is 6.61 Å². The van der Waals surface area contributed by atoms with Crippen molar-refractivity contribution in [3.63, 3.8) is 0 Å². The average molecular weight is 242 g/mol. The van der Waals surface area contributed by atoms with Crippen molar-refractivity contribution >= 4 is 11.9 Å². The molecule has 1 aliphatic heterocycles. The molecule has 1 rings (SSSR count). The highest BCUT2D eigenvalue weighted by Crippen LogP contribution is 2.02. The molecule has 0 spiro atoms. The fourth-order valence-electron chi connectivity index (χ4n) is 0.900. The maximum Gasteiger partial charge on any atom is 0.331 e. The minimum absolute atomic E-state index is 0.0984. The summed E-state index contributed by atoms with van der Waals surface area (Å²) in [5, 5.41) is 8.48. The maximum atomic E-state index is 10.6. The Morgan fingerprint density at radius 3 is 2.59 bits per heavy atom. The van der Waals surface area contributed by atoms with Crippen LogP contribution in [-0.2, 0) is 19.1 Å². The minimum atomic E-state index is -0.394. The largest absolute Gasteiger partial charge is 0.463 e. The molecule has 17 heavy (non-hydrogen) atoms. The Hall–Kier alpha value is -1.62. The summed E-state index contributed by atoms with van der Waals surface area (Å²) >= 11 is 0. The van der Waals surface area contributed by atoms with Crippen LogP contribution in [0.2, 0.25) is 0 Å². The second kappa shape index (κ2) is 8.52. The zero-order valence-electron chi connectivity index (χ0n) is 10.4. The number of carbonyl (C=O) groups excluding carboxylic acids is 2. The molecule has 0 aromatic heterocycles. The van der Waals surface area contributed by atoms with Gasteiger partial charge in [-0.15, -0.1) is 0 Å². The molecule has 1 N–H and O–H groups in total. The monoisotopic (exact) mass is 242 g/mol. The first-order chi connectivity index (χ1) is 7.99. The molecule has 0 saturated heterocycles. The van der Waals surface area contributed by atoms with Gasteiger partial charge in [-0.2, -0.15) is 0 Å². The molecule has 5 nitrogen and oxygen atoms in total. The van der Waals surface area contributed by atoms with Gasteiger partial charge in [0.25, 0.3) is 0 Å². The second-order valence-electron chi connectivity index (χ2n) is 3.50. The van der Waals surface area contributed by atoms with E-state index >= 15 is 0 Å². The SMILES string of the molecule is CC1=CC(=O)OC1.CCOC(=O)/C=C(\C)CO. The molecule has 0 radical (unpaired) electrons. The number of hydrogen-bond acceptors (Lipinski definition) is 5. The predicted octanol–water partition coefficient (Wildman–Crippen LogP) is 0.978. The van der Waals surface area contributed by atoms with Gasteiger partial charge in [-0.25, -0.2) is 9.59 Å². The van der Waals surface area contributed by atoms with Crippen LogP contribution in [0.1, 0.15) is 20.8 Å². The average Bonchev–Trinajstić information content (AvgIpc) is 2.63. The number of carbonyl (C=O) groups is 2. The first-order valence-corrected chi connectivity index (χ1v) is 5.28. The molecular weight excluding hydrogens is 224 g/mol. The van der Waals surface area contributed by atoms with Crippen molar-refractivity contribution in [3.8, 4) is 0 Å². The van der Waals surface area contributed by atoms with E-state index in [0.29, 0.717) is 18.8 Å². The van der Waals surface area contributed by atoms with E-state index in [2.05, 4.69) is 9.47 Å². The summed E-state index contributed by atoms with van der Waals surface area (Å²) in [6, 6.07) is 0. The van der Waals surface area contributed by atoms with Crippen molar-refractivity contribution in [2.75, 3.05) is 19.8 Å². The first-order valence-electron chi connectivity index (χ1n) is 5.28. The molecule has 0 aromatic rings. The third kappa shape index (κ3) is 8.21. The van der Waals surface area contributed by atoms with E-state index in [1.54, 1.807) is 13.8 Å². The summed E-state index contributed by atoms with van der Waals surface area (Å²) in [5.74, 6) is -0.605. The number of cyclic esters (lactones) is 1. The van der Waals surface area contributed by atoms with E-state index < -0.39 is 5.97 Å². The smallest absolute Gasteiger partial charge is 0.331 e. The summed E-state index contributed by atoms with van der Waals surface area (Å²) in [5.41, 5.74) is 1.61. The van der Waals surface area contributed by atoms with E-state index in [9.17, 15) is 9.59 Å². The molecule has 0 amide bonds. The molecule has 0 aromatic carbocycles. The van der Waals surface area contributed by atoms with Gasteiger partial charge in [0, 0.05) is 12.2 Å². The molecule has 5 heteroatoms. The number of ether oxygens (including phenoxy) is 2. The number of aliphatic hydroxyl groups excluding tert-OH is 1. The van der Waals surface area contributed by atoms with Gasteiger partial charge in [0.2, 0.25) is 0 Å². The highest BCUT2D eigenvalue weighted by atomic mass is 16.5. The van der Waals surface area contributed by atoms with Crippen molar-refractivity contribution in [1.29, 1.82) is 0 Å². The number of esters is 2. The molecule has 0 atom stereocenters. The Labute approximate surface area is 101 Å². The van der Waals surface area contributed by atoms with Crippen LogP contribution >= 0.6 is 0 Å². The quantitative estimate of drug-likeness (QED) is 0.590. The second-order valence-corrected chi connectivity index (χ2v) is 3.50. The van der Waals surface area contributed by atoms with Gasteiger partial charge >= 0.3 is 11.9 Å². The summed E-state index contributed by atoms with van der Waals surface area (Å²) < 4.78 is 9.12. The fraction of sp³-hybridized carbons (Fsp3) is 0.500. The van der Waals surface area contributed by atoms with Crippen molar-refractivity contribution < 1.29 is 24.2 Å². The maximum absolute atomic E-state index is 10.6. The number of hydrogen-bond donors (Lipinski definition) is 1. The van der Waals surface area contributed by atoms with E-state index in [4.69, 9.17) is 5.11 Å². The highest BCUT2D eigenvalue weighted by molar-refractivity contribution is 5.85. The van der Waals surface area contributed by atoms with Gasteiger partial charge in [-0.05, 0) is 31.9 Å². The van der Waals surface area contributed by atoms with Crippen LogP contribution in [0.5, 0.6) is 0 Å². The third-order valence-corrected chi connectivity index (χ3v) is 1.71. The lowest BCUT2D eigenvalue weighted by atomic mass is 10.3. The number of rotatable bonds is 3. The fourth-order valence-corrected chi connectivity index (χ4v) is 0.900. The first kappa shape index (κ1) is 15.4. The molecule has 0 saturated carbocycles. The lowest BCUT2D eigenvalue weighted by Crippen LogP contribution is -2.01. The van der Waals surface area contributed by atoms with Crippen LogP contribution in [0.15, 0.2) is 23.3 Å². The Balaban J connectivity index is 0.000000318. The summed E-state index contributed by atoms with van der Waals surface area (Å²) in [6.07, 6.45) is 2.78. The summed E-state index contributed by atoms with van der Waals surface area (Å²) in [7, 11) is 0. The van der Waals surface area contributed by atoms with Crippen LogP contribution in [-0.4, -0.2) is 36.9 Å². The van der Waals surface area contributed by atoms with Crippen LogP contribution < -0.4 is 0 Å². The van der Waals surface area contributed by atoms with Crippen molar-refractivity contribution in [1.82, 2.24) is 0 Å². The van der Waals surface area contributed by atoms with Crippen LogP contribution in [0, 0.1) is 0 Å². The summed E-state index contributed by atoms with van der Waals surface area (Å²) in [6.45, 7) is 6.02. The standard InChI is InChI=1S/C7H12O3.C5H6O2/c1-3-10-7(9)4-6(2)5-8;1-4-2-5(6)7-3-4/h4,8H,3,5H2,1-2H3;2H,3H2,1H3/b6-4+;. The molecule has 0 bridgehead atoms. The molecule has 1 aliphatic rings. The molecule has 0 fully saturated rings. The van der Waals surface area contributed by atoms with Crippen molar-refractivity contribution in [2.24, 2.45) is 0 Å². The van der Waals surface area contributed by atoms with E-state index in [0.717, 1.165) is 5.57 Å². The number of aliphatic hydroxyl groups is 1. The Bertz CT molecular complexity index is 328. The lowest BCUT2D eigenvalue weighted by molar-refractivity contribution is -0.137. The van der Waals surface area contributed by atoms with Crippen LogP contribution in [0.25, 0.3) is 0 Å². The molecule has 1 heterocycles. The van der Waals surface area contributed by atoms with Crippen molar-refractivity contribution in [2.45, 2.75) is 20.8 Å². The van der Waals surface area contributed by atoms with E-state index in [1.807, 2.05) is 6.92 Å². The summed E-state index contributed by atoms with van der Waals surface area (Å²) in [4.78, 5) is 20.8. The highest BCUT2D eigenvalue weighted by Gasteiger charge is 2.06. The molecule has 0 unspecified atom stereocenters. The van der Waals surface area contributed by atoms with Crippen molar-refractivity contribution in [3.05, 3.63) is 23.3 Å². The van der Waals surface area contributed by atoms with E-state index in [1.165, 1.54) is 12.2 Å². The lowest BCUT2D eigenvalue weighted by Gasteiger charge is -1.96. The van der Waals surface area contributed by atoms with Gasteiger partial charge in [0.15, 0.2) is 0 Å². The predicted molar refractivity (Wildman–Crippen MR) is 62.2 cm³/mol. The Morgan fingerprint density at radius 2 is 2.29 bits per heavy atom. The zero-order chi connectivity index (χ0) is 13.3. The molecule has 0 aliphatic carbocycles. The van der Waals surface area contributed by atoms with Gasteiger partial charge in [-0.1, -0.05) is 0 Å². The Kier molecular flexibility index (Phi) is 7.71. The van der Waals surface area contributed by atoms with Crippen LogP contribution in [0.3, 0.4) is 0 Å². The zero-order valence-corrected chi connectivity index (χ0v) is 10.4. The Morgan fingerprint density at radius 1 is 1.65 bits per heavy atom. The minimum Gasteiger partial charge on any atom is -0.463 e. The van der Waals surface area contributed by atoms with Gasteiger partial charge < -0.3 is 14.6 Å². The van der Waals surface area contributed by atoms with Gasteiger partial charge in [0.05, 0.1) is 13.2 Å².